The van der Waals surface area contributed by atoms with Crippen LogP contribution < -0.4 is 5.32 Å². The standard InChI is InChI=1S/C15H20BrNO2/c1-11-10-12(6-7-14(11)16)15(18)17-8-9-19-13-4-2-3-5-13/h6-7,10,13H,2-5,8-9H2,1H3,(H,17,18). The highest BCUT2D eigenvalue weighted by atomic mass is 79.9. The van der Waals surface area contributed by atoms with Gasteiger partial charge in [-0.3, -0.25) is 4.79 Å². The molecule has 1 saturated carbocycles. The quantitative estimate of drug-likeness (QED) is 0.842. The van der Waals surface area contributed by atoms with Gasteiger partial charge in [-0.25, -0.2) is 0 Å². The monoisotopic (exact) mass is 325 g/mol. The molecule has 0 bridgehead atoms. The van der Waals surface area contributed by atoms with Crippen molar-refractivity contribution in [1.29, 1.82) is 0 Å². The Labute approximate surface area is 122 Å². The third kappa shape index (κ3) is 4.32. The van der Waals surface area contributed by atoms with Crippen molar-refractivity contribution in [1.82, 2.24) is 5.32 Å². The molecule has 1 aliphatic carbocycles. The fourth-order valence-corrected chi connectivity index (χ4v) is 2.58. The summed E-state index contributed by atoms with van der Waals surface area (Å²) >= 11 is 3.43. The van der Waals surface area contributed by atoms with Crippen LogP contribution in [0.25, 0.3) is 0 Å². The Hall–Kier alpha value is -0.870. The van der Waals surface area contributed by atoms with Gasteiger partial charge in [0.2, 0.25) is 0 Å². The van der Waals surface area contributed by atoms with E-state index in [1.165, 1.54) is 25.7 Å². The number of carbonyl (C=O) groups is 1. The van der Waals surface area contributed by atoms with Crippen molar-refractivity contribution in [2.24, 2.45) is 0 Å². The molecule has 0 heterocycles. The highest BCUT2D eigenvalue weighted by molar-refractivity contribution is 9.10. The second-order valence-corrected chi connectivity index (χ2v) is 5.85. The maximum absolute atomic E-state index is 11.9. The molecule has 0 unspecified atom stereocenters. The number of halogens is 1. The van der Waals surface area contributed by atoms with Crippen LogP contribution in [0.2, 0.25) is 0 Å². The molecular weight excluding hydrogens is 306 g/mol. The number of ether oxygens (including phenoxy) is 1. The number of carbonyl (C=O) groups excluding carboxylic acids is 1. The smallest absolute Gasteiger partial charge is 0.251 e. The van der Waals surface area contributed by atoms with Gasteiger partial charge >= 0.3 is 0 Å². The van der Waals surface area contributed by atoms with E-state index in [1.807, 2.05) is 25.1 Å². The van der Waals surface area contributed by atoms with Gasteiger partial charge < -0.3 is 10.1 Å². The molecule has 2 rings (SSSR count). The van der Waals surface area contributed by atoms with Gasteiger partial charge in [-0.05, 0) is 43.5 Å². The van der Waals surface area contributed by atoms with E-state index in [0.717, 1.165) is 10.0 Å². The number of aryl methyl sites for hydroxylation is 1. The Balaban J connectivity index is 1.72. The van der Waals surface area contributed by atoms with Crippen LogP contribution in [0.5, 0.6) is 0 Å². The van der Waals surface area contributed by atoms with Gasteiger partial charge in [0.25, 0.3) is 5.91 Å². The SMILES string of the molecule is Cc1cc(C(=O)NCCOC2CCCC2)ccc1Br. The summed E-state index contributed by atoms with van der Waals surface area (Å²) in [7, 11) is 0. The van der Waals surface area contributed by atoms with E-state index in [0.29, 0.717) is 24.8 Å². The van der Waals surface area contributed by atoms with Gasteiger partial charge in [0.1, 0.15) is 0 Å². The lowest BCUT2D eigenvalue weighted by Gasteiger charge is -2.11. The first-order valence-electron chi connectivity index (χ1n) is 6.83. The number of hydrogen-bond acceptors (Lipinski definition) is 2. The molecule has 0 spiro atoms. The minimum absolute atomic E-state index is 0.0365. The van der Waals surface area contributed by atoms with Crippen LogP contribution in [-0.2, 0) is 4.74 Å². The number of hydrogen-bond donors (Lipinski definition) is 1. The highest BCUT2D eigenvalue weighted by Crippen LogP contribution is 2.20. The van der Waals surface area contributed by atoms with Crippen molar-refractivity contribution in [3.63, 3.8) is 0 Å². The number of amides is 1. The molecule has 1 aromatic rings. The molecule has 0 atom stereocenters. The van der Waals surface area contributed by atoms with E-state index in [1.54, 1.807) is 0 Å². The summed E-state index contributed by atoms with van der Waals surface area (Å²) in [6, 6.07) is 5.61. The maximum atomic E-state index is 11.9. The lowest BCUT2D eigenvalue weighted by atomic mass is 10.1. The fourth-order valence-electron chi connectivity index (χ4n) is 2.33. The van der Waals surface area contributed by atoms with Gasteiger partial charge in [0.05, 0.1) is 12.7 Å². The van der Waals surface area contributed by atoms with E-state index >= 15 is 0 Å². The van der Waals surface area contributed by atoms with Crippen molar-refractivity contribution < 1.29 is 9.53 Å². The summed E-state index contributed by atoms with van der Waals surface area (Å²) < 4.78 is 6.73. The third-order valence-electron chi connectivity index (χ3n) is 3.46. The van der Waals surface area contributed by atoms with Crippen molar-refractivity contribution in [3.05, 3.63) is 33.8 Å². The molecule has 1 amide bonds. The Morgan fingerprint density at radius 3 is 2.84 bits per heavy atom. The van der Waals surface area contributed by atoms with Crippen LogP contribution in [0.15, 0.2) is 22.7 Å². The fraction of sp³-hybridized carbons (Fsp3) is 0.533. The van der Waals surface area contributed by atoms with Crippen LogP contribution in [0.4, 0.5) is 0 Å². The molecule has 1 fully saturated rings. The molecule has 0 saturated heterocycles. The van der Waals surface area contributed by atoms with Crippen molar-refractivity contribution in [2.45, 2.75) is 38.7 Å². The molecule has 104 valence electrons. The number of benzene rings is 1. The molecule has 1 aromatic carbocycles. The molecule has 19 heavy (non-hydrogen) atoms. The van der Waals surface area contributed by atoms with E-state index in [2.05, 4.69) is 21.2 Å². The first kappa shape index (κ1) is 14.5. The summed E-state index contributed by atoms with van der Waals surface area (Å²) in [5.74, 6) is -0.0365. The molecular formula is C15H20BrNO2. The average Bonchev–Trinajstić information content (AvgIpc) is 2.91. The number of rotatable bonds is 5. The molecule has 0 radical (unpaired) electrons. The van der Waals surface area contributed by atoms with E-state index in [-0.39, 0.29) is 5.91 Å². The predicted molar refractivity (Wildman–Crippen MR) is 79.4 cm³/mol. The van der Waals surface area contributed by atoms with E-state index in [4.69, 9.17) is 4.74 Å². The topological polar surface area (TPSA) is 38.3 Å². The first-order valence-corrected chi connectivity index (χ1v) is 7.62. The van der Waals surface area contributed by atoms with Crippen LogP contribution in [0.3, 0.4) is 0 Å². The summed E-state index contributed by atoms with van der Waals surface area (Å²) in [4.78, 5) is 11.9. The minimum atomic E-state index is -0.0365. The van der Waals surface area contributed by atoms with Crippen LogP contribution in [0.1, 0.15) is 41.6 Å². The van der Waals surface area contributed by atoms with Crippen molar-refractivity contribution >= 4 is 21.8 Å². The Kier molecular flexibility index (Phi) is 5.40. The lowest BCUT2D eigenvalue weighted by Crippen LogP contribution is -2.28. The molecule has 0 aromatic heterocycles. The van der Waals surface area contributed by atoms with Crippen molar-refractivity contribution in [3.8, 4) is 0 Å². The lowest BCUT2D eigenvalue weighted by molar-refractivity contribution is 0.0582. The Bertz CT molecular complexity index is 442. The third-order valence-corrected chi connectivity index (χ3v) is 4.35. The zero-order valence-corrected chi connectivity index (χ0v) is 12.8. The second-order valence-electron chi connectivity index (χ2n) is 5.00. The van der Waals surface area contributed by atoms with Gasteiger partial charge in [-0.1, -0.05) is 28.8 Å². The van der Waals surface area contributed by atoms with E-state index in [9.17, 15) is 4.79 Å². The van der Waals surface area contributed by atoms with Crippen LogP contribution in [-0.4, -0.2) is 25.2 Å². The maximum Gasteiger partial charge on any atom is 0.251 e. The molecule has 4 heteroatoms. The normalized spacial score (nSPS) is 15.7. The molecule has 3 nitrogen and oxygen atoms in total. The first-order chi connectivity index (χ1) is 9.16. The molecule has 0 aliphatic heterocycles. The Morgan fingerprint density at radius 2 is 2.16 bits per heavy atom. The summed E-state index contributed by atoms with van der Waals surface area (Å²) in [5, 5.41) is 2.89. The van der Waals surface area contributed by atoms with Gasteiger partial charge in [-0.15, -0.1) is 0 Å². The molecule has 1 N–H and O–H groups in total. The second kappa shape index (κ2) is 7.06. The predicted octanol–water partition coefficient (Wildman–Crippen LogP) is 3.45. The zero-order chi connectivity index (χ0) is 13.7. The van der Waals surface area contributed by atoms with Crippen LogP contribution >= 0.6 is 15.9 Å². The molecule has 1 aliphatic rings. The van der Waals surface area contributed by atoms with Gasteiger partial charge in [0, 0.05) is 16.6 Å². The van der Waals surface area contributed by atoms with Gasteiger partial charge in [-0.2, -0.15) is 0 Å². The highest BCUT2D eigenvalue weighted by Gasteiger charge is 2.15. The van der Waals surface area contributed by atoms with E-state index < -0.39 is 0 Å². The summed E-state index contributed by atoms with van der Waals surface area (Å²) in [6.07, 6.45) is 5.29. The summed E-state index contributed by atoms with van der Waals surface area (Å²) in [6.45, 7) is 3.15. The zero-order valence-electron chi connectivity index (χ0n) is 11.2. The largest absolute Gasteiger partial charge is 0.376 e. The van der Waals surface area contributed by atoms with Crippen LogP contribution in [0, 0.1) is 6.92 Å². The summed E-state index contributed by atoms with van der Waals surface area (Å²) in [5.41, 5.74) is 1.76. The van der Waals surface area contributed by atoms with Crippen molar-refractivity contribution in [2.75, 3.05) is 13.2 Å². The minimum Gasteiger partial charge on any atom is -0.376 e. The average molecular weight is 326 g/mol. The Morgan fingerprint density at radius 1 is 1.42 bits per heavy atom. The van der Waals surface area contributed by atoms with Gasteiger partial charge in [0.15, 0.2) is 0 Å². The number of nitrogens with one attached hydrogen (secondary N) is 1.